The lowest BCUT2D eigenvalue weighted by Gasteiger charge is -2.01. The van der Waals surface area contributed by atoms with Gasteiger partial charge in [0.2, 0.25) is 0 Å². The van der Waals surface area contributed by atoms with Gasteiger partial charge in [0, 0.05) is 16.9 Å². The number of imidazole rings is 1. The van der Waals surface area contributed by atoms with E-state index >= 15 is 0 Å². The number of halogens is 1. The Labute approximate surface area is 98.5 Å². The molecule has 0 fully saturated rings. The van der Waals surface area contributed by atoms with Crippen LogP contribution in [-0.2, 0) is 0 Å². The number of hydrogen-bond acceptors (Lipinski definition) is 1. The molecular formula is C12H15BrN2. The predicted molar refractivity (Wildman–Crippen MR) is 66.3 cm³/mol. The van der Waals surface area contributed by atoms with Crippen molar-refractivity contribution in [3.63, 3.8) is 0 Å². The first-order chi connectivity index (χ1) is 7.11. The van der Waals surface area contributed by atoms with E-state index in [-0.39, 0.29) is 0 Å². The van der Waals surface area contributed by atoms with Gasteiger partial charge in [0.05, 0.1) is 5.69 Å². The van der Waals surface area contributed by atoms with Crippen LogP contribution in [0.4, 0.5) is 0 Å². The first-order valence-corrected chi connectivity index (χ1v) is 6.06. The Balaban J connectivity index is 2.60. The number of rotatable bonds is 2. The lowest BCUT2D eigenvalue weighted by molar-refractivity contribution is 0.714. The summed E-state index contributed by atoms with van der Waals surface area (Å²) in [6.45, 7) is 6.50. The molecule has 0 aromatic carbocycles. The highest BCUT2D eigenvalue weighted by Crippen LogP contribution is 2.22. The van der Waals surface area contributed by atoms with Crippen LogP contribution in [-0.4, -0.2) is 9.38 Å². The number of aromatic nitrogens is 2. The fraction of sp³-hybridized carbons (Fsp3) is 0.417. The molecule has 0 aliphatic rings. The third kappa shape index (κ3) is 1.93. The summed E-state index contributed by atoms with van der Waals surface area (Å²) in [4.78, 5) is 4.67. The minimum Gasteiger partial charge on any atom is -0.305 e. The van der Waals surface area contributed by atoms with Gasteiger partial charge in [-0.05, 0) is 46.8 Å². The molecule has 0 saturated heterocycles. The van der Waals surface area contributed by atoms with Crippen molar-refractivity contribution in [3.05, 3.63) is 34.2 Å². The van der Waals surface area contributed by atoms with Crippen LogP contribution in [0, 0.1) is 6.92 Å². The maximum Gasteiger partial charge on any atom is 0.140 e. The van der Waals surface area contributed by atoms with Gasteiger partial charge < -0.3 is 4.40 Å². The van der Waals surface area contributed by atoms with Gasteiger partial charge in [-0.25, -0.2) is 4.98 Å². The van der Waals surface area contributed by atoms with E-state index in [1.54, 1.807) is 0 Å². The monoisotopic (exact) mass is 266 g/mol. The Kier molecular flexibility index (Phi) is 2.83. The zero-order valence-electron chi connectivity index (χ0n) is 9.29. The summed E-state index contributed by atoms with van der Waals surface area (Å²) in [6.07, 6.45) is 5.31. The van der Waals surface area contributed by atoms with Gasteiger partial charge >= 0.3 is 0 Å². The normalized spacial score (nSPS) is 13.3. The maximum absolute atomic E-state index is 4.67. The van der Waals surface area contributed by atoms with E-state index in [4.69, 9.17) is 0 Å². The Bertz CT molecular complexity index is 488. The molecule has 2 nitrogen and oxygen atoms in total. The molecular weight excluding hydrogens is 252 g/mol. The lowest BCUT2D eigenvalue weighted by Crippen LogP contribution is -1.90. The van der Waals surface area contributed by atoms with Crippen molar-refractivity contribution in [2.24, 2.45) is 0 Å². The molecule has 0 radical (unpaired) electrons. The van der Waals surface area contributed by atoms with Crippen LogP contribution < -0.4 is 0 Å². The lowest BCUT2D eigenvalue weighted by atomic mass is 10.1. The number of aryl methyl sites for hydroxylation is 1. The van der Waals surface area contributed by atoms with Gasteiger partial charge in [0.1, 0.15) is 5.65 Å². The third-order valence-corrected chi connectivity index (χ3v) is 3.27. The molecule has 2 aromatic rings. The Hall–Kier alpha value is -0.830. The summed E-state index contributed by atoms with van der Waals surface area (Å²) in [5, 5.41) is 0. The van der Waals surface area contributed by atoms with Gasteiger partial charge in [-0.1, -0.05) is 13.8 Å². The van der Waals surface area contributed by atoms with Gasteiger partial charge in [-0.2, -0.15) is 0 Å². The van der Waals surface area contributed by atoms with E-state index in [0.29, 0.717) is 5.92 Å². The van der Waals surface area contributed by atoms with Gasteiger partial charge in [0.15, 0.2) is 0 Å². The molecule has 3 heteroatoms. The summed E-state index contributed by atoms with van der Waals surface area (Å²) >= 11 is 3.50. The van der Waals surface area contributed by atoms with Crippen molar-refractivity contribution in [2.45, 2.75) is 33.1 Å². The van der Waals surface area contributed by atoms with Crippen LogP contribution in [0.25, 0.3) is 5.65 Å². The van der Waals surface area contributed by atoms with Crippen LogP contribution >= 0.6 is 15.9 Å². The molecule has 2 aromatic heterocycles. The molecule has 1 unspecified atom stereocenters. The highest BCUT2D eigenvalue weighted by molar-refractivity contribution is 9.10. The standard InChI is InChI=1S/C12H15BrN2/c1-4-8(2)11-7-15-6-10(13)5-9(3)12(15)14-11/h5-8H,4H2,1-3H3. The summed E-state index contributed by atoms with van der Waals surface area (Å²) in [6, 6.07) is 2.10. The summed E-state index contributed by atoms with van der Waals surface area (Å²) in [5.74, 6) is 0.531. The van der Waals surface area contributed by atoms with Crippen molar-refractivity contribution in [1.82, 2.24) is 9.38 Å². The number of pyridine rings is 1. The van der Waals surface area contributed by atoms with Crippen molar-refractivity contribution in [2.75, 3.05) is 0 Å². The van der Waals surface area contributed by atoms with Crippen LogP contribution in [0.15, 0.2) is 22.9 Å². The quantitative estimate of drug-likeness (QED) is 0.806. The fourth-order valence-electron chi connectivity index (χ4n) is 1.69. The van der Waals surface area contributed by atoms with Gasteiger partial charge in [-0.15, -0.1) is 0 Å². The Morgan fingerprint density at radius 2 is 2.20 bits per heavy atom. The van der Waals surface area contributed by atoms with Crippen molar-refractivity contribution >= 4 is 21.6 Å². The molecule has 0 spiro atoms. The second-order valence-electron chi connectivity index (χ2n) is 4.05. The van der Waals surface area contributed by atoms with Crippen molar-refractivity contribution in [1.29, 1.82) is 0 Å². The number of hydrogen-bond donors (Lipinski definition) is 0. The van der Waals surface area contributed by atoms with Crippen LogP contribution in [0.5, 0.6) is 0 Å². The molecule has 0 aliphatic heterocycles. The second-order valence-corrected chi connectivity index (χ2v) is 4.96. The van der Waals surface area contributed by atoms with E-state index in [2.05, 4.69) is 64.5 Å². The summed E-state index contributed by atoms with van der Waals surface area (Å²) in [7, 11) is 0. The van der Waals surface area contributed by atoms with Gasteiger partial charge in [-0.3, -0.25) is 0 Å². The minimum atomic E-state index is 0.531. The van der Waals surface area contributed by atoms with Crippen LogP contribution in [0.3, 0.4) is 0 Å². The third-order valence-electron chi connectivity index (χ3n) is 2.84. The largest absolute Gasteiger partial charge is 0.305 e. The molecule has 15 heavy (non-hydrogen) atoms. The molecule has 0 aliphatic carbocycles. The Morgan fingerprint density at radius 3 is 2.87 bits per heavy atom. The second kappa shape index (κ2) is 3.97. The summed E-state index contributed by atoms with van der Waals surface area (Å²) < 4.78 is 3.20. The van der Waals surface area contributed by atoms with Crippen molar-refractivity contribution < 1.29 is 0 Å². The zero-order valence-corrected chi connectivity index (χ0v) is 10.9. The molecule has 0 bridgehead atoms. The highest BCUT2D eigenvalue weighted by atomic mass is 79.9. The first-order valence-electron chi connectivity index (χ1n) is 5.26. The minimum absolute atomic E-state index is 0.531. The first kappa shape index (κ1) is 10.7. The number of fused-ring (bicyclic) bond motifs is 1. The van der Waals surface area contributed by atoms with Gasteiger partial charge in [0.25, 0.3) is 0 Å². The maximum atomic E-state index is 4.67. The number of nitrogens with zero attached hydrogens (tertiary/aromatic N) is 2. The molecule has 2 heterocycles. The fourth-order valence-corrected chi connectivity index (χ4v) is 2.25. The predicted octanol–water partition coefficient (Wildman–Crippen LogP) is 3.92. The molecule has 1 atom stereocenters. The van der Waals surface area contributed by atoms with E-state index in [0.717, 1.165) is 16.5 Å². The summed E-state index contributed by atoms with van der Waals surface area (Å²) in [5.41, 5.74) is 3.45. The topological polar surface area (TPSA) is 17.3 Å². The Morgan fingerprint density at radius 1 is 1.47 bits per heavy atom. The zero-order chi connectivity index (χ0) is 11.0. The average Bonchev–Trinajstić information content (AvgIpc) is 2.60. The van der Waals surface area contributed by atoms with Crippen LogP contribution in [0.1, 0.15) is 37.4 Å². The SMILES string of the molecule is CCC(C)c1cn2cc(Br)cc(C)c2n1. The van der Waals surface area contributed by atoms with E-state index in [9.17, 15) is 0 Å². The molecule has 0 N–H and O–H groups in total. The molecule has 0 saturated carbocycles. The molecule has 2 rings (SSSR count). The van der Waals surface area contributed by atoms with E-state index in [1.807, 2.05) is 0 Å². The average molecular weight is 267 g/mol. The van der Waals surface area contributed by atoms with E-state index in [1.165, 1.54) is 11.3 Å². The smallest absolute Gasteiger partial charge is 0.140 e. The highest BCUT2D eigenvalue weighted by Gasteiger charge is 2.09. The molecule has 0 amide bonds. The van der Waals surface area contributed by atoms with E-state index < -0.39 is 0 Å². The molecule has 80 valence electrons. The van der Waals surface area contributed by atoms with Crippen molar-refractivity contribution in [3.8, 4) is 0 Å². The van der Waals surface area contributed by atoms with Crippen LogP contribution in [0.2, 0.25) is 0 Å².